The summed E-state index contributed by atoms with van der Waals surface area (Å²) in [5.74, 6) is 1.13. The van der Waals surface area contributed by atoms with E-state index in [0.717, 1.165) is 43.5 Å². The second-order valence-corrected chi connectivity index (χ2v) is 8.14. The molecule has 0 N–H and O–H groups in total. The van der Waals surface area contributed by atoms with Crippen molar-refractivity contribution in [1.29, 1.82) is 0 Å². The number of hydrogen-bond acceptors (Lipinski definition) is 5. The van der Waals surface area contributed by atoms with Gasteiger partial charge in [0.25, 0.3) is 11.8 Å². The quantitative estimate of drug-likeness (QED) is 0.543. The van der Waals surface area contributed by atoms with Gasteiger partial charge in [0.2, 0.25) is 5.91 Å². The summed E-state index contributed by atoms with van der Waals surface area (Å²) >= 11 is 0. The lowest BCUT2D eigenvalue weighted by Gasteiger charge is -2.16. The molecule has 7 heteroatoms. The van der Waals surface area contributed by atoms with E-state index >= 15 is 0 Å². The SMILES string of the molecule is CN(CCc1noc(-c2ccc(C(=O)N3CCCC3)cc2)n1)C(=O)CCc1ccccc1. The Balaban J connectivity index is 1.28. The van der Waals surface area contributed by atoms with Crippen LogP contribution in [0.5, 0.6) is 0 Å². The topological polar surface area (TPSA) is 79.5 Å². The van der Waals surface area contributed by atoms with Gasteiger partial charge in [-0.05, 0) is 49.1 Å². The lowest BCUT2D eigenvalue weighted by molar-refractivity contribution is -0.129. The lowest BCUT2D eigenvalue weighted by atomic mass is 10.1. The average molecular weight is 433 g/mol. The van der Waals surface area contributed by atoms with Crippen molar-refractivity contribution >= 4 is 11.8 Å². The first-order valence-electron chi connectivity index (χ1n) is 11.1. The number of benzene rings is 2. The highest BCUT2D eigenvalue weighted by atomic mass is 16.5. The van der Waals surface area contributed by atoms with E-state index in [1.54, 1.807) is 24.1 Å². The molecule has 0 unspecified atom stereocenters. The summed E-state index contributed by atoms with van der Waals surface area (Å²) in [5, 5.41) is 4.04. The molecule has 32 heavy (non-hydrogen) atoms. The monoisotopic (exact) mass is 432 g/mol. The molecule has 1 fully saturated rings. The molecule has 7 nitrogen and oxygen atoms in total. The van der Waals surface area contributed by atoms with Gasteiger partial charge in [-0.25, -0.2) is 0 Å². The molecule has 1 aliphatic rings. The van der Waals surface area contributed by atoms with Crippen LogP contribution in [0.2, 0.25) is 0 Å². The lowest BCUT2D eigenvalue weighted by Crippen LogP contribution is -2.29. The zero-order valence-corrected chi connectivity index (χ0v) is 18.4. The Morgan fingerprint density at radius 2 is 1.72 bits per heavy atom. The Morgan fingerprint density at radius 3 is 2.44 bits per heavy atom. The Bertz CT molecular complexity index is 1040. The minimum absolute atomic E-state index is 0.0697. The molecule has 2 aromatic carbocycles. The first-order chi connectivity index (χ1) is 15.6. The average Bonchev–Trinajstić information content (AvgIpc) is 3.54. The molecule has 0 atom stereocenters. The molecular formula is C25H28N4O3. The van der Waals surface area contributed by atoms with E-state index in [2.05, 4.69) is 10.1 Å². The van der Waals surface area contributed by atoms with E-state index in [0.29, 0.717) is 36.7 Å². The molecule has 2 amide bonds. The number of aromatic nitrogens is 2. The van der Waals surface area contributed by atoms with Crippen LogP contribution in [0, 0.1) is 0 Å². The van der Waals surface area contributed by atoms with Crippen LogP contribution in [-0.2, 0) is 17.6 Å². The number of amides is 2. The third-order valence-corrected chi connectivity index (χ3v) is 5.81. The maximum atomic E-state index is 12.5. The molecule has 4 rings (SSSR count). The fourth-order valence-corrected chi connectivity index (χ4v) is 3.81. The summed E-state index contributed by atoms with van der Waals surface area (Å²) in [6, 6.07) is 17.3. The number of likely N-dealkylation sites (tertiary alicyclic amines) is 1. The third kappa shape index (κ3) is 5.41. The molecule has 3 aromatic rings. The highest BCUT2D eigenvalue weighted by Crippen LogP contribution is 2.20. The normalized spacial score (nSPS) is 13.3. The molecule has 0 aliphatic carbocycles. The molecule has 0 radical (unpaired) electrons. The molecule has 0 spiro atoms. The van der Waals surface area contributed by atoms with Crippen LogP contribution < -0.4 is 0 Å². The van der Waals surface area contributed by atoms with Crippen molar-refractivity contribution in [2.45, 2.75) is 32.1 Å². The van der Waals surface area contributed by atoms with Gasteiger partial charge in [0.15, 0.2) is 5.82 Å². The maximum absolute atomic E-state index is 12.5. The second kappa shape index (κ2) is 10.2. The van der Waals surface area contributed by atoms with Crippen molar-refractivity contribution in [2.75, 3.05) is 26.7 Å². The summed E-state index contributed by atoms with van der Waals surface area (Å²) in [6.45, 7) is 2.18. The third-order valence-electron chi connectivity index (χ3n) is 5.81. The number of carbonyl (C=O) groups is 2. The van der Waals surface area contributed by atoms with E-state index in [4.69, 9.17) is 4.52 Å². The highest BCUT2D eigenvalue weighted by molar-refractivity contribution is 5.94. The van der Waals surface area contributed by atoms with Crippen LogP contribution in [0.4, 0.5) is 0 Å². The van der Waals surface area contributed by atoms with Gasteiger partial charge in [-0.15, -0.1) is 0 Å². The summed E-state index contributed by atoms with van der Waals surface area (Å²) in [4.78, 5) is 32.9. The molecule has 0 saturated carbocycles. The minimum Gasteiger partial charge on any atom is -0.345 e. The molecule has 2 heterocycles. The fraction of sp³-hybridized carbons (Fsp3) is 0.360. The van der Waals surface area contributed by atoms with Crippen LogP contribution in [0.25, 0.3) is 11.5 Å². The first-order valence-corrected chi connectivity index (χ1v) is 11.1. The highest BCUT2D eigenvalue weighted by Gasteiger charge is 2.20. The van der Waals surface area contributed by atoms with E-state index in [1.807, 2.05) is 47.4 Å². The van der Waals surface area contributed by atoms with Gasteiger partial charge >= 0.3 is 0 Å². The van der Waals surface area contributed by atoms with Crippen LogP contribution in [0.1, 0.15) is 41.0 Å². The predicted octanol–water partition coefficient (Wildman–Crippen LogP) is 3.61. The van der Waals surface area contributed by atoms with Gasteiger partial charge in [-0.3, -0.25) is 9.59 Å². The standard InChI is InChI=1S/C25H28N4O3/c1-28(23(30)14-9-19-7-3-2-4-8-19)18-15-22-26-24(32-27-22)20-10-12-21(13-11-20)25(31)29-16-5-6-17-29/h2-4,7-8,10-13H,5-6,9,14-18H2,1H3. The zero-order valence-electron chi connectivity index (χ0n) is 18.4. The predicted molar refractivity (Wildman–Crippen MR) is 121 cm³/mol. The Kier molecular flexibility index (Phi) is 6.94. The van der Waals surface area contributed by atoms with Gasteiger partial charge in [0.05, 0.1) is 0 Å². The molecular weight excluding hydrogens is 404 g/mol. The van der Waals surface area contributed by atoms with Crippen LogP contribution in [-0.4, -0.2) is 58.4 Å². The molecule has 0 bridgehead atoms. The maximum Gasteiger partial charge on any atom is 0.257 e. The number of aryl methyl sites for hydroxylation is 1. The summed E-state index contributed by atoms with van der Waals surface area (Å²) < 4.78 is 5.39. The van der Waals surface area contributed by atoms with E-state index < -0.39 is 0 Å². The molecule has 1 aliphatic heterocycles. The number of hydrogen-bond donors (Lipinski definition) is 0. The van der Waals surface area contributed by atoms with E-state index in [-0.39, 0.29) is 11.8 Å². The van der Waals surface area contributed by atoms with Gasteiger partial charge in [0, 0.05) is 50.7 Å². The molecule has 166 valence electrons. The molecule has 1 aromatic heterocycles. The summed E-state index contributed by atoms with van der Waals surface area (Å²) in [5.41, 5.74) is 2.60. The number of rotatable bonds is 8. The van der Waals surface area contributed by atoms with Gasteiger partial charge in [-0.2, -0.15) is 4.98 Å². The smallest absolute Gasteiger partial charge is 0.257 e. The van der Waals surface area contributed by atoms with Gasteiger partial charge < -0.3 is 14.3 Å². The summed E-state index contributed by atoms with van der Waals surface area (Å²) in [7, 11) is 1.80. The van der Waals surface area contributed by atoms with Crippen LogP contribution in [0.15, 0.2) is 59.1 Å². The zero-order chi connectivity index (χ0) is 22.3. The van der Waals surface area contributed by atoms with E-state index in [1.165, 1.54) is 0 Å². The van der Waals surface area contributed by atoms with Gasteiger partial charge in [-0.1, -0.05) is 35.5 Å². The van der Waals surface area contributed by atoms with Gasteiger partial charge in [0.1, 0.15) is 0 Å². The number of likely N-dealkylation sites (N-methyl/N-ethyl adjacent to an activating group) is 1. The second-order valence-electron chi connectivity index (χ2n) is 8.14. The van der Waals surface area contributed by atoms with Crippen molar-refractivity contribution in [2.24, 2.45) is 0 Å². The van der Waals surface area contributed by atoms with Crippen LogP contribution >= 0.6 is 0 Å². The number of carbonyl (C=O) groups excluding carboxylic acids is 2. The first kappa shape index (κ1) is 21.7. The van der Waals surface area contributed by atoms with Crippen molar-refractivity contribution in [3.05, 3.63) is 71.5 Å². The summed E-state index contributed by atoms with van der Waals surface area (Å²) in [6.07, 6.45) is 3.86. The Morgan fingerprint density at radius 1 is 1.00 bits per heavy atom. The Hall–Kier alpha value is -3.48. The van der Waals surface area contributed by atoms with Crippen molar-refractivity contribution < 1.29 is 14.1 Å². The Labute approximate surface area is 188 Å². The minimum atomic E-state index is 0.0697. The fourth-order valence-electron chi connectivity index (χ4n) is 3.81. The van der Waals surface area contributed by atoms with Crippen LogP contribution in [0.3, 0.4) is 0 Å². The largest absolute Gasteiger partial charge is 0.345 e. The number of nitrogens with zero attached hydrogens (tertiary/aromatic N) is 4. The van der Waals surface area contributed by atoms with E-state index in [9.17, 15) is 9.59 Å². The van der Waals surface area contributed by atoms with Crippen molar-refractivity contribution in [3.8, 4) is 11.5 Å². The van der Waals surface area contributed by atoms with Crippen molar-refractivity contribution in [1.82, 2.24) is 19.9 Å². The molecule has 1 saturated heterocycles. The van der Waals surface area contributed by atoms with Crippen molar-refractivity contribution in [3.63, 3.8) is 0 Å².